The summed E-state index contributed by atoms with van der Waals surface area (Å²) in [6.45, 7) is 12.2. The summed E-state index contributed by atoms with van der Waals surface area (Å²) in [5.41, 5.74) is 0.482. The second kappa shape index (κ2) is 3.58. The molecule has 0 aliphatic carbocycles. The molecule has 0 unspecified atom stereocenters. The molecule has 0 bridgehead atoms. The Labute approximate surface area is 82.5 Å². The third-order valence-electron chi connectivity index (χ3n) is 2.61. The van der Waals surface area contributed by atoms with Crippen LogP contribution in [0.1, 0.15) is 47.5 Å². The lowest BCUT2D eigenvalue weighted by Crippen LogP contribution is -2.60. The summed E-state index contributed by atoms with van der Waals surface area (Å²) in [7, 11) is 0. The van der Waals surface area contributed by atoms with Crippen molar-refractivity contribution in [3.8, 4) is 0 Å². The van der Waals surface area contributed by atoms with Crippen LogP contribution in [0.5, 0.6) is 0 Å². The minimum absolute atomic E-state index is 0.241. The average molecular weight is 183 g/mol. The lowest BCUT2D eigenvalue weighted by atomic mass is 9.79. The maximum absolute atomic E-state index is 4.63. The molecule has 1 N–H and O–H groups in total. The maximum Gasteiger partial charge on any atom is 0.0280 e. The molecule has 1 aliphatic rings. The Morgan fingerprint density at radius 3 is 2.00 bits per heavy atom. The van der Waals surface area contributed by atoms with Gasteiger partial charge in [-0.3, -0.25) is 0 Å². The molecule has 0 saturated carbocycles. The molecule has 0 atom stereocenters. The Kier molecular flexibility index (Phi) is 3.03. The van der Waals surface area contributed by atoms with E-state index in [2.05, 4.69) is 45.3 Å². The van der Waals surface area contributed by atoms with E-state index in [-0.39, 0.29) is 11.1 Å². The summed E-state index contributed by atoms with van der Waals surface area (Å²) in [6.07, 6.45) is 2.34. The average Bonchev–Trinajstić information content (AvgIpc) is 1.78. The van der Waals surface area contributed by atoms with Crippen molar-refractivity contribution in [3.05, 3.63) is 0 Å². The third kappa shape index (κ3) is 3.28. The fourth-order valence-corrected chi connectivity index (χ4v) is 2.66. The fourth-order valence-electron chi connectivity index (χ4n) is 2.66. The molecule has 2 nitrogen and oxygen atoms in total. The van der Waals surface area contributed by atoms with Gasteiger partial charge >= 0.3 is 0 Å². The van der Waals surface area contributed by atoms with Crippen LogP contribution in [-0.2, 0) is 0 Å². The monoisotopic (exact) mass is 183 g/mol. The molecule has 0 aromatic rings. The molecule has 0 aromatic carbocycles. The van der Waals surface area contributed by atoms with Gasteiger partial charge in [0, 0.05) is 23.7 Å². The number of nitrogens with one attached hydrogen (secondary N) is 1. The summed E-state index contributed by atoms with van der Waals surface area (Å²) in [4.78, 5) is 0. The van der Waals surface area contributed by atoms with Crippen molar-refractivity contribution in [2.45, 2.75) is 64.6 Å². The van der Waals surface area contributed by atoms with Gasteiger partial charge in [0.25, 0.3) is 0 Å². The molecule has 77 valence electrons. The molecule has 13 heavy (non-hydrogen) atoms. The quantitative estimate of drug-likeness (QED) is 0.695. The zero-order valence-electron chi connectivity index (χ0n) is 9.65. The second-order valence-electron chi connectivity index (χ2n) is 5.45. The van der Waals surface area contributed by atoms with Gasteiger partial charge in [0.15, 0.2) is 0 Å². The topological polar surface area (TPSA) is 26.1 Å². The van der Waals surface area contributed by atoms with E-state index in [1.807, 2.05) is 0 Å². The second-order valence-corrected chi connectivity index (χ2v) is 5.45. The Hall–Kier alpha value is -0.0800. The first-order valence-electron chi connectivity index (χ1n) is 5.31. The summed E-state index contributed by atoms with van der Waals surface area (Å²) in [6, 6.07) is 0.552. The van der Waals surface area contributed by atoms with E-state index in [1.54, 1.807) is 0 Å². The minimum atomic E-state index is 0.241. The largest absolute Gasteiger partial charge is 0.307 e. The smallest absolute Gasteiger partial charge is 0.0280 e. The number of rotatable bonds is 2. The summed E-state index contributed by atoms with van der Waals surface area (Å²) in [5, 5.41) is 8.30. The van der Waals surface area contributed by atoms with Gasteiger partial charge < -0.3 is 5.32 Å². The van der Waals surface area contributed by atoms with Crippen LogP contribution in [-0.4, -0.2) is 23.7 Å². The van der Waals surface area contributed by atoms with Gasteiger partial charge in [0.2, 0.25) is 0 Å². The van der Waals surface area contributed by atoms with Crippen LogP contribution in [0.25, 0.3) is 0 Å². The SMILES string of the molecule is CC[N]C1CC(C)(C)NC(C)(C)C1. The molecule has 1 radical (unpaired) electrons. The molecule has 0 amide bonds. The number of hydrogen-bond acceptors (Lipinski definition) is 1. The van der Waals surface area contributed by atoms with Crippen LogP contribution in [0.15, 0.2) is 0 Å². The first-order valence-corrected chi connectivity index (χ1v) is 5.31. The Balaban J connectivity index is 2.61. The van der Waals surface area contributed by atoms with Crippen molar-refractivity contribution in [1.82, 2.24) is 10.6 Å². The zero-order chi connectivity index (χ0) is 10.1. The van der Waals surface area contributed by atoms with Gasteiger partial charge in [0.1, 0.15) is 0 Å². The van der Waals surface area contributed by atoms with Crippen LogP contribution in [0, 0.1) is 0 Å². The molecule has 1 fully saturated rings. The Morgan fingerprint density at radius 1 is 1.15 bits per heavy atom. The Bertz CT molecular complexity index is 157. The highest BCUT2D eigenvalue weighted by molar-refractivity contribution is 4.99. The Morgan fingerprint density at radius 2 is 1.62 bits per heavy atom. The normalized spacial score (nSPS) is 27.5. The van der Waals surface area contributed by atoms with Crippen LogP contribution >= 0.6 is 0 Å². The van der Waals surface area contributed by atoms with Crippen molar-refractivity contribution in [2.75, 3.05) is 6.54 Å². The zero-order valence-corrected chi connectivity index (χ0v) is 9.65. The van der Waals surface area contributed by atoms with Gasteiger partial charge in [-0.25, -0.2) is 5.32 Å². The summed E-state index contributed by atoms with van der Waals surface area (Å²) >= 11 is 0. The van der Waals surface area contributed by atoms with Crippen LogP contribution < -0.4 is 10.6 Å². The van der Waals surface area contributed by atoms with Crippen molar-refractivity contribution < 1.29 is 0 Å². The van der Waals surface area contributed by atoms with Gasteiger partial charge in [-0.15, -0.1) is 0 Å². The first kappa shape index (κ1) is 11.0. The van der Waals surface area contributed by atoms with E-state index in [9.17, 15) is 0 Å². The van der Waals surface area contributed by atoms with Gasteiger partial charge in [-0.05, 0) is 40.5 Å². The molecule has 2 heteroatoms. The summed E-state index contributed by atoms with van der Waals surface area (Å²) < 4.78 is 0. The highest BCUT2D eigenvalue weighted by Crippen LogP contribution is 2.28. The third-order valence-corrected chi connectivity index (χ3v) is 2.61. The molecule has 1 rings (SSSR count). The molecular weight excluding hydrogens is 160 g/mol. The number of nitrogens with zero attached hydrogens (tertiary/aromatic N) is 1. The van der Waals surface area contributed by atoms with Gasteiger partial charge in [-0.2, -0.15) is 0 Å². The van der Waals surface area contributed by atoms with E-state index in [4.69, 9.17) is 0 Å². The van der Waals surface area contributed by atoms with Crippen molar-refractivity contribution in [1.29, 1.82) is 0 Å². The van der Waals surface area contributed by atoms with E-state index >= 15 is 0 Å². The minimum Gasteiger partial charge on any atom is -0.307 e. The van der Waals surface area contributed by atoms with Crippen molar-refractivity contribution >= 4 is 0 Å². The molecule has 0 aromatic heterocycles. The van der Waals surface area contributed by atoms with Crippen LogP contribution in [0.2, 0.25) is 0 Å². The predicted octanol–water partition coefficient (Wildman–Crippen LogP) is 1.92. The lowest BCUT2D eigenvalue weighted by molar-refractivity contribution is 0.146. The maximum atomic E-state index is 4.63. The molecule has 1 aliphatic heterocycles. The lowest BCUT2D eigenvalue weighted by Gasteiger charge is -2.46. The first-order chi connectivity index (χ1) is 5.85. The van der Waals surface area contributed by atoms with E-state index in [0.717, 1.165) is 6.54 Å². The van der Waals surface area contributed by atoms with E-state index in [1.165, 1.54) is 12.8 Å². The van der Waals surface area contributed by atoms with Crippen LogP contribution in [0.3, 0.4) is 0 Å². The van der Waals surface area contributed by atoms with Gasteiger partial charge in [0.05, 0.1) is 0 Å². The highest BCUT2D eigenvalue weighted by Gasteiger charge is 2.37. The summed E-state index contributed by atoms with van der Waals surface area (Å²) in [5.74, 6) is 0. The fraction of sp³-hybridized carbons (Fsp3) is 1.00. The van der Waals surface area contributed by atoms with E-state index < -0.39 is 0 Å². The number of hydrogen-bond donors (Lipinski definition) is 1. The van der Waals surface area contributed by atoms with Crippen LogP contribution in [0.4, 0.5) is 0 Å². The molecule has 1 saturated heterocycles. The van der Waals surface area contributed by atoms with Crippen molar-refractivity contribution in [3.63, 3.8) is 0 Å². The van der Waals surface area contributed by atoms with E-state index in [0.29, 0.717) is 6.04 Å². The predicted molar refractivity (Wildman–Crippen MR) is 57.0 cm³/mol. The van der Waals surface area contributed by atoms with Gasteiger partial charge in [-0.1, -0.05) is 6.92 Å². The number of piperidine rings is 1. The molecular formula is C11H23N2. The molecule has 1 heterocycles. The standard InChI is InChI=1S/C11H23N2/c1-6-12-9-7-10(2,3)13-11(4,5)8-9/h9,13H,6-8H2,1-5H3. The highest BCUT2D eigenvalue weighted by atomic mass is 15.1. The van der Waals surface area contributed by atoms with Crippen molar-refractivity contribution in [2.24, 2.45) is 0 Å². The molecule has 0 spiro atoms.